The van der Waals surface area contributed by atoms with Crippen LogP contribution in [0.4, 0.5) is 19.4 Å². The zero-order valence-corrected chi connectivity index (χ0v) is 12.4. The van der Waals surface area contributed by atoms with Crippen molar-refractivity contribution in [1.82, 2.24) is 4.98 Å². The van der Waals surface area contributed by atoms with Gasteiger partial charge in [0.15, 0.2) is 0 Å². The molecular weight excluding hydrogens is 322 g/mol. The highest BCUT2D eigenvalue weighted by atomic mass is 79.9. The molecule has 0 atom stereocenters. The monoisotopic (exact) mass is 336 g/mol. The van der Waals surface area contributed by atoms with Gasteiger partial charge in [-0.1, -0.05) is 15.9 Å². The molecule has 0 aromatic carbocycles. The van der Waals surface area contributed by atoms with Crippen molar-refractivity contribution < 1.29 is 18.3 Å². The first-order valence-electron chi connectivity index (χ1n) is 5.59. The highest BCUT2D eigenvalue weighted by Gasteiger charge is 2.26. The number of anilines is 1. The smallest absolute Gasteiger partial charge is 0.416 e. The van der Waals surface area contributed by atoms with Gasteiger partial charge in [0.2, 0.25) is 0 Å². The minimum Gasteiger partial charge on any atom is -0.443 e. The summed E-state index contributed by atoms with van der Waals surface area (Å²) in [6.07, 6.45) is -2.10. The molecule has 0 fully saturated rings. The minimum absolute atomic E-state index is 0.115. The highest BCUT2D eigenvalue weighted by molar-refractivity contribution is 9.10. The molecule has 106 valence electrons. The van der Waals surface area contributed by atoms with Crippen molar-refractivity contribution >= 4 is 27.8 Å². The van der Waals surface area contributed by atoms with Crippen molar-refractivity contribution in [2.24, 2.45) is 0 Å². The van der Waals surface area contributed by atoms with Crippen LogP contribution in [0.1, 0.15) is 20.8 Å². The van der Waals surface area contributed by atoms with Crippen LogP contribution in [0.2, 0.25) is 0 Å². The van der Waals surface area contributed by atoms with E-state index >= 15 is 0 Å². The van der Waals surface area contributed by atoms with Gasteiger partial charge in [-0.2, -0.15) is 0 Å². The molecule has 0 N–H and O–H groups in total. The van der Waals surface area contributed by atoms with Gasteiger partial charge in [-0.25, -0.2) is 18.6 Å². The lowest BCUT2D eigenvalue weighted by Gasteiger charge is -2.26. The third kappa shape index (κ3) is 5.50. The maximum absolute atomic E-state index is 12.6. The zero-order chi connectivity index (χ0) is 14.6. The van der Waals surface area contributed by atoms with Crippen LogP contribution in [-0.2, 0) is 4.74 Å². The molecule has 1 rings (SSSR count). The summed E-state index contributed by atoms with van der Waals surface area (Å²) in [6.45, 7) is 4.23. The number of rotatable bonds is 3. The molecule has 0 saturated heterocycles. The quantitative estimate of drug-likeness (QED) is 0.841. The van der Waals surface area contributed by atoms with Gasteiger partial charge in [0.05, 0.1) is 6.54 Å². The summed E-state index contributed by atoms with van der Waals surface area (Å²) in [5.74, 6) is 0.115. The maximum Gasteiger partial charge on any atom is 0.416 e. The van der Waals surface area contributed by atoms with E-state index in [0.717, 1.165) is 4.90 Å². The molecule has 0 radical (unpaired) electrons. The number of halogens is 3. The van der Waals surface area contributed by atoms with Crippen molar-refractivity contribution in [3.8, 4) is 0 Å². The second-order valence-corrected chi connectivity index (χ2v) is 5.73. The third-order valence-corrected chi connectivity index (χ3v) is 2.41. The average molecular weight is 337 g/mol. The lowest BCUT2D eigenvalue weighted by molar-refractivity contribution is 0.0542. The van der Waals surface area contributed by atoms with Crippen molar-refractivity contribution in [1.29, 1.82) is 0 Å². The van der Waals surface area contributed by atoms with E-state index in [1.54, 1.807) is 26.8 Å². The van der Waals surface area contributed by atoms with Crippen LogP contribution < -0.4 is 4.90 Å². The Kier molecular flexibility index (Phi) is 5.22. The molecule has 0 saturated carbocycles. The molecule has 0 aliphatic heterocycles. The Labute approximate surface area is 118 Å². The molecule has 4 nitrogen and oxygen atoms in total. The Bertz CT molecular complexity index is 450. The fourth-order valence-corrected chi connectivity index (χ4v) is 1.58. The molecule has 19 heavy (non-hydrogen) atoms. The molecule has 0 aliphatic carbocycles. The molecule has 1 heterocycles. The van der Waals surface area contributed by atoms with Gasteiger partial charge < -0.3 is 4.74 Å². The van der Waals surface area contributed by atoms with E-state index in [1.165, 1.54) is 12.3 Å². The van der Waals surface area contributed by atoms with Gasteiger partial charge in [-0.15, -0.1) is 0 Å². The predicted octanol–water partition coefficient (Wildman–Crippen LogP) is 3.85. The summed E-state index contributed by atoms with van der Waals surface area (Å²) in [6, 6.07) is 3.12. The lowest BCUT2D eigenvalue weighted by Crippen LogP contribution is -2.40. The van der Waals surface area contributed by atoms with Crippen LogP contribution in [0.5, 0.6) is 0 Å². The Hall–Kier alpha value is -1.24. The first kappa shape index (κ1) is 15.8. The van der Waals surface area contributed by atoms with Crippen molar-refractivity contribution in [3.63, 3.8) is 0 Å². The van der Waals surface area contributed by atoms with E-state index in [0.29, 0.717) is 4.47 Å². The van der Waals surface area contributed by atoms with Gasteiger partial charge in [0.25, 0.3) is 6.43 Å². The van der Waals surface area contributed by atoms with E-state index in [1.807, 2.05) is 0 Å². The van der Waals surface area contributed by atoms with Gasteiger partial charge in [0, 0.05) is 10.7 Å². The van der Waals surface area contributed by atoms with Crippen LogP contribution in [0, 0.1) is 0 Å². The summed E-state index contributed by atoms with van der Waals surface area (Å²) in [4.78, 5) is 16.6. The summed E-state index contributed by atoms with van der Waals surface area (Å²) in [5, 5.41) is 0. The van der Waals surface area contributed by atoms with E-state index in [-0.39, 0.29) is 5.82 Å². The summed E-state index contributed by atoms with van der Waals surface area (Å²) in [7, 11) is 0. The lowest BCUT2D eigenvalue weighted by atomic mass is 10.2. The molecule has 0 aliphatic rings. The minimum atomic E-state index is -2.67. The fraction of sp³-hybridized carbons (Fsp3) is 0.500. The number of ether oxygens (including phenoxy) is 1. The molecule has 1 aromatic heterocycles. The first-order valence-corrected chi connectivity index (χ1v) is 6.38. The molecule has 0 unspecified atom stereocenters. The largest absolute Gasteiger partial charge is 0.443 e. The zero-order valence-electron chi connectivity index (χ0n) is 10.9. The summed E-state index contributed by atoms with van der Waals surface area (Å²) >= 11 is 3.20. The van der Waals surface area contributed by atoms with E-state index < -0.39 is 24.7 Å². The molecular formula is C12H15BrF2N2O2. The van der Waals surface area contributed by atoms with Crippen LogP contribution >= 0.6 is 15.9 Å². The normalized spacial score (nSPS) is 11.5. The third-order valence-electron chi connectivity index (χ3n) is 1.92. The Morgan fingerprint density at radius 1 is 1.53 bits per heavy atom. The highest BCUT2D eigenvalue weighted by Crippen LogP contribution is 2.20. The maximum atomic E-state index is 12.6. The number of amides is 1. The Morgan fingerprint density at radius 3 is 2.63 bits per heavy atom. The standard InChI is InChI=1S/C12H15BrF2N2O2/c1-12(2,3)19-11(18)17(7-9(14)15)10-6-8(13)4-5-16-10/h4-6,9H,7H2,1-3H3. The number of carbonyl (C=O) groups excluding carboxylic acids is 1. The Balaban J connectivity index is 2.98. The first-order chi connectivity index (χ1) is 8.69. The van der Waals surface area contributed by atoms with Crippen LogP contribution in [-0.4, -0.2) is 29.6 Å². The molecule has 1 amide bonds. The molecule has 0 spiro atoms. The number of carbonyl (C=O) groups is 1. The van der Waals surface area contributed by atoms with Crippen molar-refractivity contribution in [2.75, 3.05) is 11.4 Å². The van der Waals surface area contributed by atoms with E-state index in [2.05, 4.69) is 20.9 Å². The van der Waals surface area contributed by atoms with Gasteiger partial charge in [0.1, 0.15) is 11.4 Å². The molecule has 1 aromatic rings. The second kappa shape index (κ2) is 6.27. The SMILES string of the molecule is CC(C)(C)OC(=O)N(CC(F)F)c1cc(Br)ccn1. The number of hydrogen-bond acceptors (Lipinski definition) is 3. The fourth-order valence-electron chi connectivity index (χ4n) is 1.26. The topological polar surface area (TPSA) is 42.4 Å². The van der Waals surface area contributed by atoms with E-state index in [4.69, 9.17) is 4.74 Å². The number of nitrogens with zero attached hydrogens (tertiary/aromatic N) is 2. The van der Waals surface area contributed by atoms with Crippen LogP contribution in [0.25, 0.3) is 0 Å². The van der Waals surface area contributed by atoms with Gasteiger partial charge in [-0.05, 0) is 32.9 Å². The van der Waals surface area contributed by atoms with Crippen LogP contribution in [0.15, 0.2) is 22.8 Å². The summed E-state index contributed by atoms with van der Waals surface area (Å²) < 4.78 is 30.9. The second-order valence-electron chi connectivity index (χ2n) is 4.81. The molecule has 0 bridgehead atoms. The van der Waals surface area contributed by atoms with Crippen LogP contribution in [0.3, 0.4) is 0 Å². The van der Waals surface area contributed by atoms with E-state index in [9.17, 15) is 13.6 Å². The number of aromatic nitrogens is 1. The number of pyridine rings is 1. The molecule has 7 heteroatoms. The average Bonchev–Trinajstić information content (AvgIpc) is 2.23. The van der Waals surface area contributed by atoms with Crippen molar-refractivity contribution in [2.45, 2.75) is 32.8 Å². The number of alkyl halides is 2. The van der Waals surface area contributed by atoms with Gasteiger partial charge in [-0.3, -0.25) is 4.90 Å². The predicted molar refractivity (Wildman–Crippen MR) is 71.5 cm³/mol. The Morgan fingerprint density at radius 2 is 2.16 bits per heavy atom. The van der Waals surface area contributed by atoms with Gasteiger partial charge >= 0.3 is 6.09 Å². The summed E-state index contributed by atoms with van der Waals surface area (Å²) in [5.41, 5.74) is -0.760. The number of hydrogen-bond donors (Lipinski definition) is 0. The van der Waals surface area contributed by atoms with Crippen molar-refractivity contribution in [3.05, 3.63) is 22.8 Å².